The number of carbonyl (C=O) groups excluding carboxylic acids is 1. The molecule has 3 rings (SSSR count). The molecule has 25 heavy (non-hydrogen) atoms. The van der Waals surface area contributed by atoms with Gasteiger partial charge < -0.3 is 5.32 Å². The average molecular weight is 375 g/mol. The third kappa shape index (κ3) is 5.11. The van der Waals surface area contributed by atoms with Crippen LogP contribution in [-0.4, -0.2) is 17.4 Å². The molecule has 6 heteroatoms. The van der Waals surface area contributed by atoms with Crippen molar-refractivity contribution in [3.8, 4) is 10.6 Å². The van der Waals surface area contributed by atoms with Crippen LogP contribution in [0.3, 0.4) is 0 Å². The quantitative estimate of drug-likeness (QED) is 0.690. The van der Waals surface area contributed by atoms with Gasteiger partial charge in [0.25, 0.3) is 0 Å². The molecular formula is C19H16ClFN2OS. The van der Waals surface area contributed by atoms with Gasteiger partial charge >= 0.3 is 0 Å². The van der Waals surface area contributed by atoms with Crippen molar-refractivity contribution in [2.24, 2.45) is 0 Å². The first-order chi connectivity index (χ1) is 12.1. The second-order valence-corrected chi connectivity index (χ2v) is 6.85. The summed E-state index contributed by atoms with van der Waals surface area (Å²) in [4.78, 5) is 16.5. The van der Waals surface area contributed by atoms with Gasteiger partial charge in [0.1, 0.15) is 10.8 Å². The molecule has 3 nitrogen and oxygen atoms in total. The largest absolute Gasteiger partial charge is 0.355 e. The molecule has 0 saturated carbocycles. The van der Waals surface area contributed by atoms with E-state index in [1.807, 2.05) is 29.6 Å². The zero-order valence-corrected chi connectivity index (χ0v) is 14.9. The zero-order chi connectivity index (χ0) is 17.6. The van der Waals surface area contributed by atoms with Crippen molar-refractivity contribution in [2.75, 3.05) is 6.54 Å². The Morgan fingerprint density at radius 3 is 2.56 bits per heavy atom. The maximum Gasteiger partial charge on any atom is 0.226 e. The van der Waals surface area contributed by atoms with E-state index in [0.717, 1.165) is 22.6 Å². The smallest absolute Gasteiger partial charge is 0.226 e. The number of amides is 1. The lowest BCUT2D eigenvalue weighted by atomic mass is 10.1. The zero-order valence-electron chi connectivity index (χ0n) is 13.3. The number of nitrogens with one attached hydrogen (secondary N) is 1. The van der Waals surface area contributed by atoms with Gasteiger partial charge in [-0.25, -0.2) is 9.37 Å². The fraction of sp³-hybridized carbons (Fsp3) is 0.158. The topological polar surface area (TPSA) is 42.0 Å². The van der Waals surface area contributed by atoms with Crippen molar-refractivity contribution in [3.05, 3.63) is 76.0 Å². The predicted molar refractivity (Wildman–Crippen MR) is 99.4 cm³/mol. The molecule has 0 atom stereocenters. The van der Waals surface area contributed by atoms with Gasteiger partial charge in [0.15, 0.2) is 0 Å². The molecular weight excluding hydrogens is 359 g/mol. The molecule has 0 spiro atoms. The van der Waals surface area contributed by atoms with Crippen molar-refractivity contribution < 1.29 is 9.18 Å². The van der Waals surface area contributed by atoms with Crippen molar-refractivity contribution in [1.29, 1.82) is 0 Å². The Morgan fingerprint density at radius 1 is 1.12 bits per heavy atom. The van der Waals surface area contributed by atoms with Gasteiger partial charge in [0.2, 0.25) is 5.91 Å². The number of nitrogens with zero attached hydrogens (tertiary/aromatic N) is 1. The summed E-state index contributed by atoms with van der Waals surface area (Å²) < 4.78 is 13.0. The third-order valence-corrected chi connectivity index (χ3v) is 4.83. The van der Waals surface area contributed by atoms with E-state index in [1.54, 1.807) is 12.1 Å². The summed E-state index contributed by atoms with van der Waals surface area (Å²) in [6, 6.07) is 13.7. The predicted octanol–water partition coefficient (Wildman–Crippen LogP) is 4.50. The molecule has 128 valence electrons. The van der Waals surface area contributed by atoms with Crippen LogP contribution in [0, 0.1) is 5.82 Å². The van der Waals surface area contributed by atoms with Crippen molar-refractivity contribution in [2.45, 2.75) is 12.8 Å². The molecule has 0 aliphatic rings. The fourth-order valence-corrected chi connectivity index (χ4v) is 3.29. The monoisotopic (exact) mass is 374 g/mol. The van der Waals surface area contributed by atoms with E-state index >= 15 is 0 Å². The number of carbonyl (C=O) groups is 1. The molecule has 1 N–H and O–H groups in total. The highest BCUT2D eigenvalue weighted by atomic mass is 35.5. The van der Waals surface area contributed by atoms with Gasteiger partial charge in [0, 0.05) is 22.5 Å². The maximum absolute atomic E-state index is 13.0. The second kappa shape index (κ2) is 8.23. The molecule has 0 aliphatic heterocycles. The van der Waals surface area contributed by atoms with Crippen LogP contribution in [0.1, 0.15) is 11.3 Å². The van der Waals surface area contributed by atoms with Gasteiger partial charge in [0.05, 0.1) is 12.1 Å². The number of rotatable bonds is 6. The van der Waals surface area contributed by atoms with Gasteiger partial charge in [-0.05, 0) is 48.4 Å². The first-order valence-corrected chi connectivity index (χ1v) is 9.07. The van der Waals surface area contributed by atoms with E-state index in [9.17, 15) is 9.18 Å². The number of benzene rings is 2. The van der Waals surface area contributed by atoms with Crippen LogP contribution >= 0.6 is 22.9 Å². The van der Waals surface area contributed by atoms with Gasteiger partial charge in [-0.3, -0.25) is 4.79 Å². The summed E-state index contributed by atoms with van der Waals surface area (Å²) in [5, 5.41) is 6.24. The summed E-state index contributed by atoms with van der Waals surface area (Å²) in [5.74, 6) is -0.342. The summed E-state index contributed by atoms with van der Waals surface area (Å²) in [7, 11) is 0. The molecule has 1 heterocycles. The summed E-state index contributed by atoms with van der Waals surface area (Å²) in [6.07, 6.45) is 0.985. The molecule has 3 aromatic rings. The van der Waals surface area contributed by atoms with E-state index in [2.05, 4.69) is 10.3 Å². The average Bonchev–Trinajstić information content (AvgIpc) is 3.06. The van der Waals surface area contributed by atoms with E-state index < -0.39 is 0 Å². The minimum atomic E-state index is -0.277. The number of halogens is 2. The van der Waals surface area contributed by atoms with Crippen molar-refractivity contribution >= 4 is 28.8 Å². The van der Waals surface area contributed by atoms with Gasteiger partial charge in [-0.15, -0.1) is 11.3 Å². The summed E-state index contributed by atoms with van der Waals surface area (Å²) in [5.41, 5.74) is 2.69. The minimum absolute atomic E-state index is 0.0649. The van der Waals surface area contributed by atoms with Crippen LogP contribution in [0.25, 0.3) is 10.6 Å². The van der Waals surface area contributed by atoms with Crippen LogP contribution in [0.4, 0.5) is 4.39 Å². The highest BCUT2D eigenvalue weighted by Gasteiger charge is 2.09. The Morgan fingerprint density at radius 2 is 1.84 bits per heavy atom. The van der Waals surface area contributed by atoms with E-state index in [4.69, 9.17) is 11.6 Å². The van der Waals surface area contributed by atoms with Crippen LogP contribution in [0.15, 0.2) is 53.9 Å². The fourth-order valence-electron chi connectivity index (χ4n) is 2.34. The lowest BCUT2D eigenvalue weighted by Crippen LogP contribution is -2.27. The molecule has 0 unspecified atom stereocenters. The molecule has 0 bridgehead atoms. The van der Waals surface area contributed by atoms with Crippen LogP contribution in [-0.2, 0) is 17.6 Å². The Bertz CT molecular complexity index is 847. The first kappa shape index (κ1) is 17.6. The van der Waals surface area contributed by atoms with Gasteiger partial charge in [-0.2, -0.15) is 0 Å². The van der Waals surface area contributed by atoms with E-state index in [1.165, 1.54) is 23.5 Å². The standard InChI is InChI=1S/C19H16ClFN2OS/c20-15-5-1-13(2-6-15)9-10-22-18(24)11-17-12-25-19(23-17)14-3-7-16(21)8-4-14/h1-8,12H,9-11H2,(H,22,24). The molecule has 1 aromatic heterocycles. The normalized spacial score (nSPS) is 10.6. The van der Waals surface area contributed by atoms with Crippen LogP contribution in [0.2, 0.25) is 5.02 Å². The highest BCUT2D eigenvalue weighted by molar-refractivity contribution is 7.13. The molecule has 2 aromatic carbocycles. The second-order valence-electron chi connectivity index (χ2n) is 5.55. The summed E-state index contributed by atoms with van der Waals surface area (Å²) in [6.45, 7) is 0.565. The number of hydrogen-bond donors (Lipinski definition) is 1. The Labute approximate surface area is 154 Å². The van der Waals surface area contributed by atoms with E-state index in [-0.39, 0.29) is 18.1 Å². The van der Waals surface area contributed by atoms with Gasteiger partial charge in [-0.1, -0.05) is 23.7 Å². The van der Waals surface area contributed by atoms with Crippen LogP contribution in [0.5, 0.6) is 0 Å². The highest BCUT2D eigenvalue weighted by Crippen LogP contribution is 2.24. The molecule has 1 amide bonds. The first-order valence-electron chi connectivity index (χ1n) is 7.81. The molecule has 0 aliphatic carbocycles. The number of hydrogen-bond acceptors (Lipinski definition) is 3. The minimum Gasteiger partial charge on any atom is -0.355 e. The van der Waals surface area contributed by atoms with Crippen molar-refractivity contribution in [1.82, 2.24) is 10.3 Å². The third-order valence-electron chi connectivity index (χ3n) is 3.63. The van der Waals surface area contributed by atoms with E-state index in [0.29, 0.717) is 17.3 Å². The molecule has 0 fully saturated rings. The summed E-state index contributed by atoms with van der Waals surface area (Å²) >= 11 is 7.29. The lowest BCUT2D eigenvalue weighted by molar-refractivity contribution is -0.120. The van der Waals surface area contributed by atoms with Crippen molar-refractivity contribution in [3.63, 3.8) is 0 Å². The molecule has 0 radical (unpaired) electrons. The Balaban J connectivity index is 1.49. The Kier molecular flexibility index (Phi) is 5.79. The Hall–Kier alpha value is -2.24. The maximum atomic E-state index is 13.0. The number of aromatic nitrogens is 1. The number of thiazole rings is 1. The lowest BCUT2D eigenvalue weighted by Gasteiger charge is -2.04. The SMILES string of the molecule is O=C(Cc1csc(-c2ccc(F)cc2)n1)NCCc1ccc(Cl)cc1. The van der Waals surface area contributed by atoms with Crippen LogP contribution < -0.4 is 5.32 Å². The molecule has 0 saturated heterocycles.